The molecule has 0 radical (unpaired) electrons. The van der Waals surface area contributed by atoms with E-state index in [-0.39, 0.29) is 17.7 Å². The molecule has 0 bridgehead atoms. The molecule has 1 fully saturated rings. The number of phenolic OH excluding ortho intramolecular Hbond substituents is 1. The van der Waals surface area contributed by atoms with Crippen molar-refractivity contribution in [3.8, 4) is 5.75 Å². The van der Waals surface area contributed by atoms with Gasteiger partial charge in [-0.05, 0) is 31.9 Å². The number of hydrogen-bond acceptors (Lipinski definition) is 3. The number of aromatic hydroxyl groups is 1. The van der Waals surface area contributed by atoms with Gasteiger partial charge in [0, 0.05) is 24.2 Å². The van der Waals surface area contributed by atoms with Crippen molar-refractivity contribution in [2.75, 3.05) is 6.54 Å². The standard InChI is InChI=1S/C15H16N2O2/c1-10-4-3-9-17(10)15(19)12-7-6-11-5-2-8-16-13(11)14(12)18/h2,5-8,10,18H,3-4,9H2,1H3. The van der Waals surface area contributed by atoms with E-state index in [1.165, 1.54) is 0 Å². The normalized spacial score (nSPS) is 19.0. The third kappa shape index (κ3) is 1.93. The number of carbonyl (C=O) groups is 1. The van der Waals surface area contributed by atoms with Gasteiger partial charge in [0.2, 0.25) is 0 Å². The van der Waals surface area contributed by atoms with Crippen LogP contribution in [0.1, 0.15) is 30.1 Å². The van der Waals surface area contributed by atoms with Crippen LogP contribution in [0.5, 0.6) is 5.75 Å². The SMILES string of the molecule is CC1CCCN1C(=O)c1ccc2cccnc2c1O. The van der Waals surface area contributed by atoms with Gasteiger partial charge >= 0.3 is 0 Å². The zero-order chi connectivity index (χ0) is 13.4. The average molecular weight is 256 g/mol. The van der Waals surface area contributed by atoms with Gasteiger partial charge in [0.1, 0.15) is 5.52 Å². The van der Waals surface area contributed by atoms with E-state index in [0.717, 1.165) is 24.8 Å². The van der Waals surface area contributed by atoms with E-state index >= 15 is 0 Å². The fourth-order valence-electron chi connectivity index (χ4n) is 2.69. The Kier molecular flexibility index (Phi) is 2.85. The van der Waals surface area contributed by atoms with Crippen LogP contribution in [0.3, 0.4) is 0 Å². The van der Waals surface area contributed by atoms with Crippen LogP contribution in [0.2, 0.25) is 0 Å². The molecule has 4 heteroatoms. The number of hydrogen-bond donors (Lipinski definition) is 1. The van der Waals surface area contributed by atoms with E-state index in [2.05, 4.69) is 4.98 Å². The van der Waals surface area contributed by atoms with Crippen LogP contribution in [0.15, 0.2) is 30.5 Å². The lowest BCUT2D eigenvalue weighted by molar-refractivity contribution is 0.0744. The molecule has 0 spiro atoms. The lowest BCUT2D eigenvalue weighted by Crippen LogP contribution is -2.33. The fourth-order valence-corrected chi connectivity index (χ4v) is 2.69. The molecule has 1 unspecified atom stereocenters. The van der Waals surface area contributed by atoms with Crippen LogP contribution in [0.25, 0.3) is 10.9 Å². The van der Waals surface area contributed by atoms with Gasteiger partial charge in [-0.25, -0.2) is 0 Å². The molecular formula is C15H16N2O2. The minimum atomic E-state index is -0.102. The number of rotatable bonds is 1. The van der Waals surface area contributed by atoms with E-state index in [1.54, 1.807) is 12.3 Å². The van der Waals surface area contributed by atoms with Crippen molar-refractivity contribution in [3.05, 3.63) is 36.0 Å². The molecule has 1 amide bonds. The van der Waals surface area contributed by atoms with Gasteiger partial charge in [-0.3, -0.25) is 9.78 Å². The van der Waals surface area contributed by atoms with Crippen LogP contribution in [-0.2, 0) is 0 Å². The summed E-state index contributed by atoms with van der Waals surface area (Å²) in [6.07, 6.45) is 3.67. The maximum Gasteiger partial charge on any atom is 0.257 e. The number of fused-ring (bicyclic) bond motifs is 1. The van der Waals surface area contributed by atoms with Crippen molar-refractivity contribution in [3.63, 3.8) is 0 Å². The lowest BCUT2D eigenvalue weighted by atomic mass is 10.1. The van der Waals surface area contributed by atoms with E-state index < -0.39 is 0 Å². The van der Waals surface area contributed by atoms with E-state index in [9.17, 15) is 9.90 Å². The summed E-state index contributed by atoms with van der Waals surface area (Å²) in [5.41, 5.74) is 0.833. The Morgan fingerprint density at radius 3 is 3.00 bits per heavy atom. The first-order valence-electron chi connectivity index (χ1n) is 6.56. The number of pyridine rings is 1. The van der Waals surface area contributed by atoms with Gasteiger partial charge in [0.25, 0.3) is 5.91 Å². The highest BCUT2D eigenvalue weighted by atomic mass is 16.3. The summed E-state index contributed by atoms with van der Waals surface area (Å²) in [6, 6.07) is 7.44. The molecule has 1 N–H and O–H groups in total. The van der Waals surface area contributed by atoms with Crippen molar-refractivity contribution in [1.29, 1.82) is 0 Å². The van der Waals surface area contributed by atoms with Crippen molar-refractivity contribution in [2.24, 2.45) is 0 Å². The summed E-state index contributed by atoms with van der Waals surface area (Å²) in [4.78, 5) is 18.4. The summed E-state index contributed by atoms with van der Waals surface area (Å²) >= 11 is 0. The second-order valence-corrected chi connectivity index (χ2v) is 5.03. The van der Waals surface area contributed by atoms with Crippen molar-refractivity contribution in [2.45, 2.75) is 25.8 Å². The maximum absolute atomic E-state index is 12.5. The minimum Gasteiger partial charge on any atom is -0.505 e. The molecule has 0 saturated carbocycles. The first kappa shape index (κ1) is 12.0. The molecule has 2 aromatic rings. The van der Waals surface area contributed by atoms with Crippen LogP contribution in [-0.4, -0.2) is 33.5 Å². The highest BCUT2D eigenvalue weighted by Gasteiger charge is 2.28. The first-order chi connectivity index (χ1) is 9.18. The highest BCUT2D eigenvalue weighted by molar-refractivity contribution is 6.02. The van der Waals surface area contributed by atoms with E-state index in [4.69, 9.17) is 0 Å². The average Bonchev–Trinajstić information content (AvgIpc) is 2.85. The molecule has 1 aliphatic rings. The van der Waals surface area contributed by atoms with Crippen molar-refractivity contribution < 1.29 is 9.90 Å². The van der Waals surface area contributed by atoms with Crippen LogP contribution >= 0.6 is 0 Å². The van der Waals surface area contributed by atoms with Crippen molar-refractivity contribution in [1.82, 2.24) is 9.88 Å². The summed E-state index contributed by atoms with van der Waals surface area (Å²) in [5.74, 6) is -0.114. The summed E-state index contributed by atoms with van der Waals surface area (Å²) in [5, 5.41) is 11.1. The number of aromatic nitrogens is 1. The van der Waals surface area contributed by atoms with Gasteiger partial charge in [-0.15, -0.1) is 0 Å². The Hall–Kier alpha value is -2.10. The molecule has 2 heterocycles. The monoisotopic (exact) mass is 256 g/mol. The van der Waals surface area contributed by atoms with Gasteiger partial charge < -0.3 is 10.0 Å². The quantitative estimate of drug-likeness (QED) is 0.853. The Bertz CT molecular complexity index is 639. The minimum absolute atomic E-state index is 0.0119. The number of likely N-dealkylation sites (tertiary alicyclic amines) is 1. The third-order valence-corrected chi connectivity index (χ3v) is 3.79. The van der Waals surface area contributed by atoms with Crippen LogP contribution < -0.4 is 0 Å². The zero-order valence-corrected chi connectivity index (χ0v) is 10.8. The molecule has 1 aromatic carbocycles. The van der Waals surface area contributed by atoms with E-state index in [0.29, 0.717) is 11.1 Å². The molecule has 4 nitrogen and oxygen atoms in total. The molecule has 1 saturated heterocycles. The largest absolute Gasteiger partial charge is 0.505 e. The van der Waals surface area contributed by atoms with Crippen molar-refractivity contribution >= 4 is 16.8 Å². The molecule has 19 heavy (non-hydrogen) atoms. The van der Waals surface area contributed by atoms with E-state index in [1.807, 2.05) is 30.0 Å². The molecule has 98 valence electrons. The number of amides is 1. The predicted octanol–water partition coefficient (Wildman–Crippen LogP) is 2.56. The number of carbonyl (C=O) groups excluding carboxylic acids is 1. The number of nitrogens with zero attached hydrogens (tertiary/aromatic N) is 2. The Balaban J connectivity index is 2.05. The molecule has 1 aliphatic heterocycles. The number of benzene rings is 1. The fraction of sp³-hybridized carbons (Fsp3) is 0.333. The molecule has 1 aromatic heterocycles. The molecule has 0 aliphatic carbocycles. The first-order valence-corrected chi connectivity index (χ1v) is 6.56. The number of phenols is 1. The molecule has 3 rings (SSSR count). The topological polar surface area (TPSA) is 53.4 Å². The Labute approximate surface area is 111 Å². The maximum atomic E-state index is 12.5. The Morgan fingerprint density at radius 1 is 1.42 bits per heavy atom. The third-order valence-electron chi connectivity index (χ3n) is 3.79. The van der Waals surface area contributed by atoms with Gasteiger partial charge in [0.05, 0.1) is 5.56 Å². The molecule has 1 atom stereocenters. The van der Waals surface area contributed by atoms with Crippen LogP contribution in [0.4, 0.5) is 0 Å². The summed E-state index contributed by atoms with van der Waals surface area (Å²) in [7, 11) is 0. The summed E-state index contributed by atoms with van der Waals surface area (Å²) < 4.78 is 0. The van der Waals surface area contributed by atoms with Gasteiger partial charge in [-0.1, -0.05) is 12.1 Å². The lowest BCUT2D eigenvalue weighted by Gasteiger charge is -2.22. The smallest absolute Gasteiger partial charge is 0.257 e. The van der Waals surface area contributed by atoms with Crippen LogP contribution in [0, 0.1) is 0 Å². The second-order valence-electron chi connectivity index (χ2n) is 5.03. The Morgan fingerprint density at radius 2 is 2.26 bits per heavy atom. The summed E-state index contributed by atoms with van der Waals surface area (Å²) in [6.45, 7) is 2.81. The highest BCUT2D eigenvalue weighted by Crippen LogP contribution is 2.29. The zero-order valence-electron chi connectivity index (χ0n) is 10.8. The van der Waals surface area contributed by atoms with Gasteiger partial charge in [-0.2, -0.15) is 0 Å². The molecular weight excluding hydrogens is 240 g/mol. The second kappa shape index (κ2) is 4.53. The predicted molar refractivity (Wildman–Crippen MR) is 73.1 cm³/mol. The van der Waals surface area contributed by atoms with Gasteiger partial charge in [0.15, 0.2) is 5.75 Å².